The summed E-state index contributed by atoms with van der Waals surface area (Å²) in [6.07, 6.45) is 4.96. The topological polar surface area (TPSA) is 106 Å². The summed E-state index contributed by atoms with van der Waals surface area (Å²) in [6.45, 7) is 0. The molecule has 47 heavy (non-hydrogen) atoms. The Labute approximate surface area is 282 Å². The van der Waals surface area contributed by atoms with Gasteiger partial charge in [0.05, 0.1) is 12.6 Å². The third-order valence-corrected chi connectivity index (χ3v) is 10.8. The Morgan fingerprint density at radius 3 is 2.32 bits per heavy atom. The maximum atomic E-state index is 13.9. The lowest BCUT2D eigenvalue weighted by Gasteiger charge is -2.60. The molecule has 4 bridgehead atoms. The van der Waals surface area contributed by atoms with Gasteiger partial charge in [-0.1, -0.05) is 41.9 Å². The zero-order valence-corrected chi connectivity index (χ0v) is 27.4. The van der Waals surface area contributed by atoms with E-state index in [4.69, 9.17) is 27.9 Å². The van der Waals surface area contributed by atoms with E-state index in [1.165, 1.54) is 7.11 Å². The lowest BCUT2D eigenvalue weighted by Crippen LogP contribution is -2.66. The molecule has 0 unspecified atom stereocenters. The van der Waals surface area contributed by atoms with E-state index in [0.717, 1.165) is 37.7 Å². The van der Waals surface area contributed by atoms with Gasteiger partial charge in [-0.25, -0.2) is 4.79 Å². The number of pyridine rings is 1. The molecule has 4 fully saturated rings. The number of nitrogens with one attached hydrogen (secondary N) is 2. The van der Waals surface area contributed by atoms with Gasteiger partial charge in [-0.2, -0.15) is 0 Å². The highest BCUT2D eigenvalue weighted by molar-refractivity contribution is 6.31. The number of para-hydroxylation sites is 1. The van der Waals surface area contributed by atoms with Crippen LogP contribution in [0.1, 0.15) is 64.1 Å². The summed E-state index contributed by atoms with van der Waals surface area (Å²) in [5.74, 6) is 0.235. The van der Waals surface area contributed by atoms with E-state index < -0.39 is 5.97 Å². The lowest BCUT2D eigenvalue weighted by atomic mass is 9.51. The third-order valence-electron chi connectivity index (χ3n) is 10.3. The Morgan fingerprint density at radius 2 is 1.66 bits per heavy atom. The molecule has 1 aromatic heterocycles. The fourth-order valence-corrected chi connectivity index (χ4v) is 8.92. The first kappa shape index (κ1) is 31.5. The van der Waals surface area contributed by atoms with Crippen molar-refractivity contribution in [3.8, 4) is 5.69 Å². The van der Waals surface area contributed by atoms with Crippen LogP contribution in [-0.4, -0.2) is 46.9 Å². The summed E-state index contributed by atoms with van der Waals surface area (Å²) < 4.78 is 6.92. The van der Waals surface area contributed by atoms with E-state index in [2.05, 4.69) is 10.6 Å². The van der Waals surface area contributed by atoms with Crippen LogP contribution in [0.5, 0.6) is 0 Å². The van der Waals surface area contributed by atoms with Gasteiger partial charge < -0.3 is 19.9 Å². The van der Waals surface area contributed by atoms with E-state index >= 15 is 0 Å². The van der Waals surface area contributed by atoms with Crippen molar-refractivity contribution in [1.82, 2.24) is 15.2 Å². The van der Waals surface area contributed by atoms with Crippen molar-refractivity contribution < 1.29 is 19.1 Å². The van der Waals surface area contributed by atoms with E-state index in [0.29, 0.717) is 44.9 Å². The molecule has 8 nitrogen and oxygen atoms in total. The average Bonchev–Trinajstić information content (AvgIpc) is 3.07. The second-order valence-electron chi connectivity index (χ2n) is 13.3. The molecule has 0 spiro atoms. The molecule has 1 heterocycles. The molecule has 2 amide bonds. The quantitative estimate of drug-likeness (QED) is 0.175. The van der Waals surface area contributed by atoms with Crippen molar-refractivity contribution in [1.29, 1.82) is 0 Å². The number of hydrogen-bond donors (Lipinski definition) is 2. The van der Waals surface area contributed by atoms with Crippen LogP contribution in [0.15, 0.2) is 77.6 Å². The number of rotatable bonds is 8. The predicted octanol–water partition coefficient (Wildman–Crippen LogP) is 6.05. The minimum atomic E-state index is -0.640. The number of benzene rings is 3. The second-order valence-corrected chi connectivity index (χ2v) is 14.0. The fourth-order valence-electron chi connectivity index (χ4n) is 8.68. The number of nitrogens with zero attached hydrogens (tertiary/aromatic N) is 1. The Bertz CT molecular complexity index is 1930. The highest BCUT2D eigenvalue weighted by atomic mass is 35.5. The standard InChI is InChI=1S/C37H35Cl2N3O5/c1-47-36(46)33-29(34(44)28-12-11-26(39)16-30(28)42(33)27-5-3-2-4-6-27)15-21-7-9-23(10-8-21)35(45)40-32-24-13-22-14-25(32)19-37(17-22,18-24)41-31(43)20-38/h2-12,16,22,24-25,32H,13-15,17-20H2,1H3,(H,40,45)(H,41,43)/t22-,24-,25+,32-,37-. The predicted molar refractivity (Wildman–Crippen MR) is 182 cm³/mol. The zero-order valence-electron chi connectivity index (χ0n) is 25.9. The van der Waals surface area contributed by atoms with E-state index in [1.807, 2.05) is 42.5 Å². The van der Waals surface area contributed by atoms with Crippen LogP contribution in [0.4, 0.5) is 0 Å². The molecule has 4 aliphatic carbocycles. The van der Waals surface area contributed by atoms with Crippen LogP contribution < -0.4 is 16.1 Å². The first-order valence-electron chi connectivity index (χ1n) is 16.0. The number of methoxy groups -OCH3 is 1. The van der Waals surface area contributed by atoms with Crippen LogP contribution >= 0.6 is 23.2 Å². The van der Waals surface area contributed by atoms with Crippen LogP contribution in [-0.2, 0) is 16.0 Å². The van der Waals surface area contributed by atoms with Crippen molar-refractivity contribution in [2.45, 2.75) is 50.1 Å². The molecule has 4 aromatic rings. The summed E-state index contributed by atoms with van der Waals surface area (Å²) >= 11 is 12.1. The summed E-state index contributed by atoms with van der Waals surface area (Å²) in [7, 11) is 1.29. The van der Waals surface area contributed by atoms with Crippen molar-refractivity contribution in [2.75, 3.05) is 13.0 Å². The van der Waals surface area contributed by atoms with Gasteiger partial charge in [0, 0.05) is 45.2 Å². The summed E-state index contributed by atoms with van der Waals surface area (Å²) in [5.41, 5.74) is 2.40. The van der Waals surface area contributed by atoms with Gasteiger partial charge in [0.2, 0.25) is 5.91 Å². The van der Waals surface area contributed by atoms with Crippen molar-refractivity contribution in [2.24, 2.45) is 17.8 Å². The number of carbonyl (C=O) groups is 3. The Kier molecular flexibility index (Phi) is 8.35. The molecule has 2 N–H and O–H groups in total. The Balaban J connectivity index is 1.16. The number of alkyl halides is 1. The maximum Gasteiger partial charge on any atom is 0.355 e. The van der Waals surface area contributed by atoms with Gasteiger partial charge in [-0.15, -0.1) is 11.6 Å². The normalized spacial score (nSPS) is 24.2. The van der Waals surface area contributed by atoms with Gasteiger partial charge in [0.1, 0.15) is 11.6 Å². The number of amides is 2. The van der Waals surface area contributed by atoms with Crippen molar-refractivity contribution in [3.63, 3.8) is 0 Å². The monoisotopic (exact) mass is 671 g/mol. The molecule has 3 aromatic carbocycles. The van der Waals surface area contributed by atoms with Crippen LogP contribution in [0.2, 0.25) is 5.02 Å². The van der Waals surface area contributed by atoms with E-state index in [-0.39, 0.29) is 52.4 Å². The number of hydrogen-bond acceptors (Lipinski definition) is 5. The highest BCUT2D eigenvalue weighted by Crippen LogP contribution is 2.55. The molecule has 4 saturated carbocycles. The van der Waals surface area contributed by atoms with E-state index in [9.17, 15) is 19.2 Å². The molecule has 4 aliphatic rings. The third kappa shape index (κ3) is 5.82. The SMILES string of the molecule is COC(=O)c1c(Cc2ccc(C(=O)N[C@@H]3[C@@H]4C[C@@H]5C[C@H]3C[C@@](NC(=O)CCl)(C5)C4)cc2)c(=O)c2ccc(Cl)cc2n1-c1ccccc1. The molecule has 0 saturated heterocycles. The number of esters is 1. The smallest absolute Gasteiger partial charge is 0.355 e. The number of carbonyl (C=O) groups excluding carboxylic acids is 3. The zero-order chi connectivity index (χ0) is 32.9. The number of fused-ring (bicyclic) bond motifs is 1. The van der Waals surface area contributed by atoms with Crippen LogP contribution in [0.3, 0.4) is 0 Å². The van der Waals surface area contributed by atoms with Crippen molar-refractivity contribution in [3.05, 3.63) is 110 Å². The summed E-state index contributed by atoms with van der Waals surface area (Å²) in [6, 6.07) is 21.5. The molecule has 10 heteroatoms. The minimum absolute atomic E-state index is 0.0409. The number of ether oxygens (including phenoxy) is 1. The fraction of sp³-hybridized carbons (Fsp3) is 0.351. The minimum Gasteiger partial charge on any atom is -0.464 e. The highest BCUT2D eigenvalue weighted by Gasteiger charge is 2.56. The van der Waals surface area contributed by atoms with Crippen molar-refractivity contribution >= 4 is 51.9 Å². The molecule has 0 radical (unpaired) electrons. The average molecular weight is 673 g/mol. The molecular weight excluding hydrogens is 637 g/mol. The molecule has 242 valence electrons. The van der Waals surface area contributed by atoms with Gasteiger partial charge >= 0.3 is 5.97 Å². The lowest BCUT2D eigenvalue weighted by molar-refractivity contribution is -0.125. The number of halogens is 2. The van der Waals surface area contributed by atoms with Gasteiger partial charge in [0.25, 0.3) is 5.91 Å². The molecular formula is C37H35Cl2N3O5. The number of aromatic nitrogens is 1. The second kappa shape index (κ2) is 12.5. The Morgan fingerprint density at radius 1 is 0.957 bits per heavy atom. The molecule has 5 atom stereocenters. The Hall–Kier alpha value is -4.14. The van der Waals surface area contributed by atoms with E-state index in [1.54, 1.807) is 34.9 Å². The maximum absolute atomic E-state index is 13.9. The van der Waals surface area contributed by atoms with Crippen LogP contribution in [0, 0.1) is 17.8 Å². The largest absolute Gasteiger partial charge is 0.464 e. The van der Waals surface area contributed by atoms with Crippen LogP contribution in [0.25, 0.3) is 16.6 Å². The first-order valence-corrected chi connectivity index (χ1v) is 16.9. The summed E-state index contributed by atoms with van der Waals surface area (Å²) in [5, 5.41) is 7.39. The van der Waals surface area contributed by atoms with Gasteiger partial charge in [-0.3, -0.25) is 14.4 Å². The molecule has 8 rings (SSSR count). The summed E-state index contributed by atoms with van der Waals surface area (Å²) in [4.78, 5) is 52.9. The van der Waals surface area contributed by atoms with Gasteiger partial charge in [0.15, 0.2) is 5.43 Å². The molecule has 0 aliphatic heterocycles. The van der Waals surface area contributed by atoms with Gasteiger partial charge in [-0.05, 0) is 97.9 Å². The first-order chi connectivity index (χ1) is 22.7.